The van der Waals surface area contributed by atoms with Crippen molar-refractivity contribution >= 4 is 44.7 Å². The van der Waals surface area contributed by atoms with Crippen LogP contribution in [0.2, 0.25) is 0 Å². The summed E-state index contributed by atoms with van der Waals surface area (Å²) in [5, 5.41) is 13.4. The molecule has 2 aliphatic heterocycles. The molecule has 4 aliphatic rings. The third-order valence-corrected chi connectivity index (χ3v) is 14.4. The van der Waals surface area contributed by atoms with E-state index >= 15 is 13.6 Å². The zero-order valence-corrected chi connectivity index (χ0v) is 35.3. The van der Waals surface area contributed by atoms with Gasteiger partial charge in [0.05, 0.1) is 31.5 Å². The molecule has 1 aromatic heterocycles. The monoisotopic (exact) mass is 847 g/mol. The number of amides is 4. The predicted molar refractivity (Wildman–Crippen MR) is 213 cm³/mol. The number of methoxy groups -OCH3 is 2. The summed E-state index contributed by atoms with van der Waals surface area (Å²) in [6, 6.07) is 3.61. The number of nitrogens with zero attached hydrogens (tertiary/aromatic N) is 3. The van der Waals surface area contributed by atoms with E-state index in [1.807, 2.05) is 13.0 Å². The standard InChI is InChI=1S/C41H55F2N5O10S/c1-8-24-17-23(2)11-9-10-12-25-21-41(25,37(51)46-59(54,55)28-14-15-28)45-35(49)31-19-27(58-32-20-33(57-7)44-30-18-26(56-6)13-16-29(30)32)22-47(31)36(50)34(24)48(38(52)53)39(3,4)40(5,42)43/h10,12-13,16,18,20,23-25,27-28,31,34H,8-9,11,14-15,17,19,21-22H2,1-7H3,(H,45,49)(H,46,51)(H,52,53)/t23-,24-,25-,27-,31+,34+,41-/m1/s1. The lowest BCUT2D eigenvalue weighted by Gasteiger charge is -2.47. The number of carbonyl (C=O) groups is 4. The molecule has 6 rings (SSSR count). The Morgan fingerprint density at radius 1 is 1.10 bits per heavy atom. The van der Waals surface area contributed by atoms with E-state index in [1.54, 1.807) is 37.3 Å². The zero-order chi connectivity index (χ0) is 43.2. The Hall–Kier alpha value is -4.74. The van der Waals surface area contributed by atoms with Crippen molar-refractivity contribution in [3.63, 3.8) is 0 Å². The second kappa shape index (κ2) is 16.4. The van der Waals surface area contributed by atoms with Gasteiger partial charge in [-0.2, -0.15) is 0 Å². The number of benzene rings is 1. The summed E-state index contributed by atoms with van der Waals surface area (Å²) in [5.74, 6) is -6.56. The Balaban J connectivity index is 1.45. The van der Waals surface area contributed by atoms with Gasteiger partial charge >= 0.3 is 6.09 Å². The smallest absolute Gasteiger partial charge is 0.408 e. The highest BCUT2D eigenvalue weighted by Crippen LogP contribution is 2.47. The topological polar surface area (TPSA) is 194 Å². The summed E-state index contributed by atoms with van der Waals surface area (Å²) in [5.41, 5.74) is -3.58. The maximum Gasteiger partial charge on any atom is 0.408 e. The SMILES string of the molecule is CC[C@@H]1C[C@H](C)CCC=C[C@@H]2C[C@@]2(C(=O)NS(=O)(=O)C2CC2)NC(=O)[C@@H]2C[C@@H](Oc3cc(OC)nc4cc(OC)ccc34)CN2C(=O)[C@H]1N(C(=O)O)C(C)(C)C(C)(F)F. The number of aromatic nitrogens is 1. The number of carboxylic acid groups (broad SMARTS) is 1. The van der Waals surface area contributed by atoms with E-state index in [9.17, 15) is 27.9 Å². The van der Waals surface area contributed by atoms with Crippen LogP contribution in [0.3, 0.4) is 0 Å². The lowest BCUT2D eigenvalue weighted by molar-refractivity contribution is -0.157. The second-order valence-corrected chi connectivity index (χ2v) is 19.0. The number of ether oxygens (including phenoxy) is 3. The highest BCUT2D eigenvalue weighted by Gasteiger charge is 2.63. The molecular formula is C41H55F2N5O10S. The van der Waals surface area contributed by atoms with Crippen molar-refractivity contribution in [2.24, 2.45) is 17.8 Å². The second-order valence-electron chi connectivity index (χ2n) is 17.0. The Labute approximate surface area is 343 Å². The number of sulfonamides is 1. The van der Waals surface area contributed by atoms with Gasteiger partial charge in [0.1, 0.15) is 40.8 Å². The maximum atomic E-state index is 15.5. The number of pyridine rings is 1. The van der Waals surface area contributed by atoms with Gasteiger partial charge in [0, 0.05) is 36.8 Å². The number of hydrogen-bond donors (Lipinski definition) is 3. The number of alkyl halides is 2. The van der Waals surface area contributed by atoms with Crippen molar-refractivity contribution < 1.29 is 55.7 Å². The van der Waals surface area contributed by atoms with Gasteiger partial charge in [-0.15, -0.1) is 0 Å². The van der Waals surface area contributed by atoms with Crippen LogP contribution >= 0.6 is 0 Å². The summed E-state index contributed by atoms with van der Waals surface area (Å²) in [6.07, 6.45) is 3.42. The molecule has 0 spiro atoms. The molecule has 15 nitrogen and oxygen atoms in total. The first-order valence-corrected chi connectivity index (χ1v) is 21.7. The highest BCUT2D eigenvalue weighted by atomic mass is 32.2. The van der Waals surface area contributed by atoms with Crippen LogP contribution in [0.5, 0.6) is 17.4 Å². The van der Waals surface area contributed by atoms with Gasteiger partial charge in [-0.25, -0.2) is 27.0 Å². The normalized spacial score (nSPS) is 28.1. The highest BCUT2D eigenvalue weighted by molar-refractivity contribution is 7.91. The molecule has 59 heavy (non-hydrogen) atoms. The van der Waals surface area contributed by atoms with Gasteiger partial charge in [-0.05, 0) is 76.3 Å². The summed E-state index contributed by atoms with van der Waals surface area (Å²) in [6.45, 7) is 6.20. The van der Waals surface area contributed by atoms with Crippen LogP contribution in [0.15, 0.2) is 36.4 Å². The van der Waals surface area contributed by atoms with Crippen LogP contribution in [-0.4, -0.2) is 113 Å². The zero-order valence-electron chi connectivity index (χ0n) is 34.5. The molecule has 4 amide bonds. The molecule has 0 bridgehead atoms. The van der Waals surface area contributed by atoms with E-state index in [4.69, 9.17) is 14.2 Å². The lowest BCUT2D eigenvalue weighted by atomic mass is 9.81. The van der Waals surface area contributed by atoms with Gasteiger partial charge in [-0.1, -0.05) is 32.4 Å². The molecule has 1 aromatic carbocycles. The average molecular weight is 848 g/mol. The summed E-state index contributed by atoms with van der Waals surface area (Å²) in [7, 11) is -1.07. The van der Waals surface area contributed by atoms with E-state index in [0.29, 0.717) is 66.3 Å². The minimum atomic E-state index is -4.00. The number of rotatable bonds is 11. The fourth-order valence-corrected chi connectivity index (χ4v) is 9.77. The number of hydrogen-bond acceptors (Lipinski definition) is 10. The molecule has 1 saturated heterocycles. The van der Waals surface area contributed by atoms with Gasteiger partial charge in [-0.3, -0.25) is 24.0 Å². The summed E-state index contributed by atoms with van der Waals surface area (Å²) >= 11 is 0. The van der Waals surface area contributed by atoms with E-state index in [0.717, 1.165) is 13.8 Å². The third-order valence-electron chi connectivity index (χ3n) is 12.6. The molecule has 3 N–H and O–H groups in total. The largest absolute Gasteiger partial charge is 0.497 e. The Bertz CT molecular complexity index is 2100. The molecule has 2 aliphatic carbocycles. The molecular weight excluding hydrogens is 793 g/mol. The van der Waals surface area contributed by atoms with Gasteiger partial charge in [0.2, 0.25) is 27.7 Å². The van der Waals surface area contributed by atoms with Crippen LogP contribution in [-0.2, 0) is 24.4 Å². The van der Waals surface area contributed by atoms with Crippen molar-refractivity contribution in [2.75, 3.05) is 20.8 Å². The van der Waals surface area contributed by atoms with E-state index in [1.165, 1.54) is 19.1 Å². The van der Waals surface area contributed by atoms with E-state index in [-0.39, 0.29) is 37.6 Å². The quantitative estimate of drug-likeness (QED) is 0.250. The fraction of sp³-hybridized carbons (Fsp3) is 0.634. The number of carbonyl (C=O) groups excluding carboxylic acids is 3. The van der Waals surface area contributed by atoms with Crippen LogP contribution in [0.25, 0.3) is 10.9 Å². The lowest BCUT2D eigenvalue weighted by Crippen LogP contribution is -2.67. The molecule has 2 saturated carbocycles. The van der Waals surface area contributed by atoms with Gasteiger partial charge < -0.3 is 29.5 Å². The van der Waals surface area contributed by atoms with Crippen LogP contribution in [0.1, 0.15) is 86.0 Å². The fourth-order valence-electron chi connectivity index (χ4n) is 8.41. The van der Waals surface area contributed by atoms with Crippen molar-refractivity contribution in [1.82, 2.24) is 24.8 Å². The molecule has 324 valence electrons. The molecule has 2 aromatic rings. The van der Waals surface area contributed by atoms with Gasteiger partial charge in [0.25, 0.3) is 11.8 Å². The van der Waals surface area contributed by atoms with Crippen LogP contribution in [0.4, 0.5) is 13.6 Å². The Morgan fingerprint density at radius 3 is 2.42 bits per heavy atom. The van der Waals surface area contributed by atoms with Crippen molar-refractivity contribution in [1.29, 1.82) is 0 Å². The van der Waals surface area contributed by atoms with Crippen molar-refractivity contribution in [3.05, 3.63) is 36.4 Å². The van der Waals surface area contributed by atoms with Gasteiger partial charge in [0.15, 0.2) is 0 Å². The molecule has 3 heterocycles. The Kier molecular flexibility index (Phi) is 12.2. The summed E-state index contributed by atoms with van der Waals surface area (Å²) < 4.78 is 76.3. The average Bonchev–Trinajstić information content (AvgIpc) is 4.10. The summed E-state index contributed by atoms with van der Waals surface area (Å²) in [4.78, 5) is 63.3. The number of nitrogens with one attached hydrogen (secondary N) is 2. The van der Waals surface area contributed by atoms with Crippen LogP contribution in [0, 0.1) is 17.8 Å². The first-order valence-electron chi connectivity index (χ1n) is 20.1. The Morgan fingerprint density at radius 2 is 1.81 bits per heavy atom. The van der Waals surface area contributed by atoms with E-state index in [2.05, 4.69) is 15.0 Å². The maximum absolute atomic E-state index is 15.5. The van der Waals surface area contributed by atoms with E-state index < -0.39 is 86.1 Å². The van der Waals surface area contributed by atoms with Crippen LogP contribution < -0.4 is 24.2 Å². The predicted octanol–water partition coefficient (Wildman–Crippen LogP) is 5.27. The minimum Gasteiger partial charge on any atom is -0.497 e. The van der Waals surface area contributed by atoms with Crippen molar-refractivity contribution in [3.8, 4) is 17.4 Å². The minimum absolute atomic E-state index is 0.0940. The number of halogens is 2. The first kappa shape index (κ1) is 43.8. The molecule has 0 radical (unpaired) electrons. The number of allylic oxidation sites excluding steroid dienone is 1. The molecule has 0 unspecified atom stereocenters. The molecule has 3 fully saturated rings. The molecule has 7 atom stereocenters. The third kappa shape index (κ3) is 8.78. The molecule has 18 heteroatoms. The number of fused-ring (bicyclic) bond motifs is 3. The van der Waals surface area contributed by atoms with Crippen molar-refractivity contribution in [2.45, 2.75) is 126 Å². The first-order chi connectivity index (χ1) is 27.7.